The maximum Gasteiger partial charge on any atom is 0.253 e. The molecule has 2 N–H and O–H groups in total. The van der Waals surface area contributed by atoms with Gasteiger partial charge >= 0.3 is 0 Å². The highest BCUT2D eigenvalue weighted by Crippen LogP contribution is 2.21. The third kappa shape index (κ3) is 2.08. The molecule has 0 saturated heterocycles. The van der Waals surface area contributed by atoms with Gasteiger partial charge in [-0.15, -0.1) is 0 Å². The number of pyridine rings is 1. The number of nitrogens with zero attached hydrogens (tertiary/aromatic N) is 2. The van der Waals surface area contributed by atoms with Crippen molar-refractivity contribution in [3.8, 4) is 5.75 Å². The lowest BCUT2D eigenvalue weighted by atomic mass is 10.3. The van der Waals surface area contributed by atoms with Crippen LogP contribution >= 0.6 is 0 Å². The molecular weight excluding hydrogens is 206 g/mol. The zero-order valence-electron chi connectivity index (χ0n) is 9.98. The number of aromatic amines is 1. The molecule has 0 fully saturated rings. The van der Waals surface area contributed by atoms with Gasteiger partial charge in [0.2, 0.25) is 0 Å². The lowest BCUT2D eigenvalue weighted by molar-refractivity contribution is 0.480. The summed E-state index contributed by atoms with van der Waals surface area (Å²) in [5, 5.41) is 14.1. The van der Waals surface area contributed by atoms with E-state index in [9.17, 15) is 9.90 Å². The second kappa shape index (κ2) is 4.83. The number of fused-ring (bicyclic) bond motifs is 1. The van der Waals surface area contributed by atoms with Gasteiger partial charge in [0, 0.05) is 12.1 Å². The summed E-state index contributed by atoms with van der Waals surface area (Å²) < 4.78 is 1.66. The minimum Gasteiger partial charge on any atom is -0.507 e. The van der Waals surface area contributed by atoms with E-state index in [4.69, 9.17) is 0 Å². The van der Waals surface area contributed by atoms with E-state index < -0.39 is 0 Å². The fraction of sp³-hybridized carbons (Fsp3) is 0.455. The van der Waals surface area contributed by atoms with E-state index in [2.05, 4.69) is 10.1 Å². The maximum atomic E-state index is 11.1. The van der Waals surface area contributed by atoms with Crippen molar-refractivity contribution in [2.24, 2.45) is 0 Å². The second-order valence-corrected chi connectivity index (χ2v) is 3.46. The molecule has 0 saturated carbocycles. The zero-order valence-corrected chi connectivity index (χ0v) is 9.98. The Kier molecular flexibility index (Phi) is 3.71. The normalized spacial score (nSPS) is 10.3. The van der Waals surface area contributed by atoms with Crippen LogP contribution in [0.25, 0.3) is 11.0 Å². The van der Waals surface area contributed by atoms with Crippen molar-refractivity contribution in [2.75, 3.05) is 0 Å². The molecule has 0 unspecified atom stereocenters. The van der Waals surface area contributed by atoms with Gasteiger partial charge in [-0.25, -0.2) is 4.68 Å². The predicted molar refractivity (Wildman–Crippen MR) is 63.8 cm³/mol. The first-order valence-corrected chi connectivity index (χ1v) is 5.39. The molecule has 5 nitrogen and oxygen atoms in total. The zero-order chi connectivity index (χ0) is 12.3. The molecule has 0 aliphatic carbocycles. The first-order chi connectivity index (χ1) is 7.59. The number of aromatic hydroxyl groups is 1. The van der Waals surface area contributed by atoms with Crippen LogP contribution in [-0.4, -0.2) is 19.9 Å². The van der Waals surface area contributed by atoms with Gasteiger partial charge in [-0.3, -0.25) is 4.79 Å². The van der Waals surface area contributed by atoms with E-state index in [1.54, 1.807) is 10.9 Å². The Morgan fingerprint density at radius 1 is 1.44 bits per heavy atom. The first kappa shape index (κ1) is 12.3. The molecule has 2 rings (SSSR count). The quantitative estimate of drug-likeness (QED) is 0.777. The molecule has 0 radical (unpaired) electrons. The summed E-state index contributed by atoms with van der Waals surface area (Å²) in [6.45, 7) is 7.91. The smallest absolute Gasteiger partial charge is 0.253 e. The number of aromatic nitrogens is 3. The van der Waals surface area contributed by atoms with Crippen molar-refractivity contribution in [3.63, 3.8) is 0 Å². The van der Waals surface area contributed by atoms with Gasteiger partial charge in [0.1, 0.15) is 11.4 Å². The van der Waals surface area contributed by atoms with Gasteiger partial charge in [0.05, 0.1) is 11.6 Å². The van der Waals surface area contributed by atoms with Gasteiger partial charge < -0.3 is 10.1 Å². The molecule has 0 spiro atoms. The largest absolute Gasteiger partial charge is 0.507 e. The first-order valence-electron chi connectivity index (χ1n) is 5.39. The Morgan fingerprint density at radius 3 is 2.62 bits per heavy atom. The monoisotopic (exact) mass is 223 g/mol. The molecule has 0 atom stereocenters. The van der Waals surface area contributed by atoms with Crippen LogP contribution in [0.1, 0.15) is 33.7 Å². The van der Waals surface area contributed by atoms with Crippen LogP contribution in [0.5, 0.6) is 5.75 Å². The summed E-state index contributed by atoms with van der Waals surface area (Å²) in [7, 11) is 0. The third-order valence-corrected chi connectivity index (χ3v) is 2.07. The molecule has 2 aromatic heterocycles. The van der Waals surface area contributed by atoms with Gasteiger partial charge in [0.15, 0.2) is 0 Å². The topological polar surface area (TPSA) is 70.9 Å². The molecule has 5 heteroatoms. The van der Waals surface area contributed by atoms with Gasteiger partial charge in [-0.05, 0) is 13.8 Å². The SMILES string of the molecule is CC.CC(C)n1ncc2c(O)cc(=O)[nH]c21. The Balaban J connectivity index is 0.000000606. The van der Waals surface area contributed by atoms with E-state index in [-0.39, 0.29) is 17.4 Å². The lowest BCUT2D eigenvalue weighted by Gasteiger charge is -2.06. The highest BCUT2D eigenvalue weighted by molar-refractivity contribution is 5.81. The molecule has 0 aliphatic rings. The molecular formula is C11H17N3O2. The van der Waals surface area contributed by atoms with Crippen molar-refractivity contribution in [2.45, 2.75) is 33.7 Å². The second-order valence-electron chi connectivity index (χ2n) is 3.46. The van der Waals surface area contributed by atoms with Crippen LogP contribution in [-0.2, 0) is 0 Å². The number of hydrogen-bond acceptors (Lipinski definition) is 3. The minimum absolute atomic E-state index is 0.0318. The highest BCUT2D eigenvalue weighted by atomic mass is 16.3. The molecule has 2 heterocycles. The van der Waals surface area contributed by atoms with Crippen molar-refractivity contribution < 1.29 is 5.11 Å². The molecule has 0 aliphatic heterocycles. The van der Waals surface area contributed by atoms with Gasteiger partial charge in [-0.2, -0.15) is 5.10 Å². The van der Waals surface area contributed by atoms with E-state index in [1.165, 1.54) is 0 Å². The third-order valence-electron chi connectivity index (χ3n) is 2.07. The summed E-state index contributed by atoms with van der Waals surface area (Å²) in [5.74, 6) is -0.0318. The van der Waals surface area contributed by atoms with Crippen LogP contribution in [0.4, 0.5) is 0 Å². The minimum atomic E-state index is -0.322. The van der Waals surface area contributed by atoms with Crippen molar-refractivity contribution >= 4 is 11.0 Å². The number of H-pyrrole nitrogens is 1. The fourth-order valence-corrected chi connectivity index (χ4v) is 1.42. The van der Waals surface area contributed by atoms with Gasteiger partial charge in [-0.1, -0.05) is 13.8 Å². The number of nitrogens with one attached hydrogen (secondary N) is 1. The highest BCUT2D eigenvalue weighted by Gasteiger charge is 2.09. The Morgan fingerprint density at radius 2 is 2.06 bits per heavy atom. The average Bonchev–Trinajstić information content (AvgIpc) is 2.64. The molecule has 2 aromatic rings. The van der Waals surface area contributed by atoms with E-state index in [0.29, 0.717) is 11.0 Å². The van der Waals surface area contributed by atoms with Crippen molar-refractivity contribution in [1.29, 1.82) is 0 Å². The molecule has 0 bridgehead atoms. The molecule has 0 aromatic carbocycles. The standard InChI is InChI=1S/C9H11N3O2.C2H6/c1-5(2)12-9-6(4-10-12)7(13)3-8(14)11-9;1-2/h3-5H,1-2H3,(H2,11,13,14);1-2H3. The molecule has 16 heavy (non-hydrogen) atoms. The molecule has 88 valence electrons. The average molecular weight is 223 g/mol. The van der Waals surface area contributed by atoms with Crippen LogP contribution < -0.4 is 5.56 Å². The van der Waals surface area contributed by atoms with Crippen molar-refractivity contribution in [3.05, 3.63) is 22.6 Å². The summed E-state index contributed by atoms with van der Waals surface area (Å²) in [5.41, 5.74) is 0.238. The summed E-state index contributed by atoms with van der Waals surface area (Å²) in [4.78, 5) is 13.8. The summed E-state index contributed by atoms with van der Waals surface area (Å²) >= 11 is 0. The van der Waals surface area contributed by atoms with Crippen molar-refractivity contribution in [1.82, 2.24) is 14.8 Å². The van der Waals surface area contributed by atoms with Crippen LogP contribution in [0.2, 0.25) is 0 Å². The van der Waals surface area contributed by atoms with Crippen LogP contribution in [0.3, 0.4) is 0 Å². The Bertz CT molecular complexity index is 525. The Labute approximate surface area is 93.7 Å². The van der Waals surface area contributed by atoms with Gasteiger partial charge in [0.25, 0.3) is 5.56 Å². The van der Waals surface area contributed by atoms with E-state index in [0.717, 1.165) is 6.07 Å². The maximum absolute atomic E-state index is 11.1. The van der Waals surface area contributed by atoms with Crippen LogP contribution in [0, 0.1) is 0 Å². The summed E-state index contributed by atoms with van der Waals surface area (Å²) in [6.07, 6.45) is 1.54. The molecule has 0 amide bonds. The Hall–Kier alpha value is -1.78. The predicted octanol–water partition coefficient (Wildman–Crippen LogP) is 2.04. The van der Waals surface area contributed by atoms with Crippen LogP contribution in [0.15, 0.2) is 17.1 Å². The fourth-order valence-electron chi connectivity index (χ4n) is 1.42. The number of hydrogen-bond donors (Lipinski definition) is 2. The van der Waals surface area contributed by atoms with E-state index in [1.807, 2.05) is 27.7 Å². The number of rotatable bonds is 1. The lowest BCUT2D eigenvalue weighted by Crippen LogP contribution is -2.09. The summed E-state index contributed by atoms with van der Waals surface area (Å²) in [6, 6.07) is 1.29. The van der Waals surface area contributed by atoms with E-state index >= 15 is 0 Å².